The number of thiophene rings is 1. The molecule has 0 saturated heterocycles. The van der Waals surface area contributed by atoms with Crippen LogP contribution in [0.15, 0.2) is 29.6 Å². The summed E-state index contributed by atoms with van der Waals surface area (Å²) in [5.74, 6) is 0.744. The Kier molecular flexibility index (Phi) is 6.02. The third-order valence-electron chi connectivity index (χ3n) is 3.03. The number of hydrogen-bond acceptors (Lipinski definition) is 4. The fourth-order valence-electron chi connectivity index (χ4n) is 1.96. The highest BCUT2D eigenvalue weighted by molar-refractivity contribution is 7.09. The summed E-state index contributed by atoms with van der Waals surface area (Å²) in [4.78, 5) is 5.88. The minimum absolute atomic E-state index is 0.682. The average molecular weight is 290 g/mol. The molecule has 3 nitrogen and oxygen atoms in total. The molecular weight excluding hydrogens is 268 g/mol. The smallest absolute Gasteiger partial charge is 0.213 e. The number of nitrogens with zero attached hydrogens (tertiary/aromatic N) is 1. The minimum Gasteiger partial charge on any atom is -0.477 e. The van der Waals surface area contributed by atoms with Crippen molar-refractivity contribution in [3.05, 3.63) is 45.8 Å². The van der Waals surface area contributed by atoms with Gasteiger partial charge in [0, 0.05) is 29.6 Å². The molecule has 2 rings (SSSR count). The Balaban J connectivity index is 1.94. The number of aromatic nitrogens is 1. The predicted molar refractivity (Wildman–Crippen MR) is 84.5 cm³/mol. The summed E-state index contributed by atoms with van der Waals surface area (Å²) in [5.41, 5.74) is 2.33. The first-order valence-corrected chi connectivity index (χ1v) is 8.05. The van der Waals surface area contributed by atoms with Gasteiger partial charge in [0.15, 0.2) is 0 Å². The molecule has 108 valence electrons. The molecule has 20 heavy (non-hydrogen) atoms. The van der Waals surface area contributed by atoms with Crippen molar-refractivity contribution >= 4 is 11.3 Å². The third-order valence-corrected chi connectivity index (χ3v) is 3.97. The van der Waals surface area contributed by atoms with Crippen molar-refractivity contribution in [2.75, 3.05) is 13.2 Å². The van der Waals surface area contributed by atoms with Gasteiger partial charge in [0.1, 0.15) is 0 Å². The van der Waals surface area contributed by atoms with E-state index in [-0.39, 0.29) is 0 Å². The van der Waals surface area contributed by atoms with Crippen LogP contribution in [0, 0.1) is 0 Å². The standard InChI is InChI=1S/C16H22N2OS/c1-3-14-10-13(12-17-4-2)11-16(18-14)19-8-7-15-6-5-9-20-15/h5-6,9-11,17H,3-4,7-8,12H2,1-2H3. The molecule has 4 heteroatoms. The van der Waals surface area contributed by atoms with Crippen LogP contribution in [0.25, 0.3) is 0 Å². The van der Waals surface area contributed by atoms with Crippen molar-refractivity contribution in [2.24, 2.45) is 0 Å². The SMILES string of the molecule is CCNCc1cc(CC)nc(OCCc2cccs2)c1. The van der Waals surface area contributed by atoms with E-state index in [1.165, 1.54) is 10.4 Å². The Morgan fingerprint density at radius 2 is 2.20 bits per heavy atom. The highest BCUT2D eigenvalue weighted by Crippen LogP contribution is 2.15. The van der Waals surface area contributed by atoms with E-state index in [9.17, 15) is 0 Å². The first-order chi connectivity index (χ1) is 9.81. The largest absolute Gasteiger partial charge is 0.477 e. The lowest BCUT2D eigenvalue weighted by atomic mass is 10.2. The maximum absolute atomic E-state index is 5.81. The number of hydrogen-bond donors (Lipinski definition) is 1. The monoisotopic (exact) mass is 290 g/mol. The zero-order chi connectivity index (χ0) is 14.2. The van der Waals surface area contributed by atoms with Crippen molar-refractivity contribution in [3.63, 3.8) is 0 Å². The molecule has 2 aromatic heterocycles. The highest BCUT2D eigenvalue weighted by Gasteiger charge is 2.03. The molecule has 0 aromatic carbocycles. The summed E-state index contributed by atoms with van der Waals surface area (Å²) in [6.45, 7) is 6.75. The first kappa shape index (κ1) is 15.0. The van der Waals surface area contributed by atoms with Crippen LogP contribution in [0.1, 0.15) is 30.0 Å². The molecular formula is C16H22N2OS. The van der Waals surface area contributed by atoms with E-state index >= 15 is 0 Å². The fourth-order valence-corrected chi connectivity index (χ4v) is 2.65. The first-order valence-electron chi connectivity index (χ1n) is 7.17. The maximum Gasteiger partial charge on any atom is 0.213 e. The maximum atomic E-state index is 5.81. The van der Waals surface area contributed by atoms with E-state index in [0.717, 1.165) is 37.5 Å². The van der Waals surface area contributed by atoms with Gasteiger partial charge in [-0.2, -0.15) is 0 Å². The summed E-state index contributed by atoms with van der Waals surface area (Å²) >= 11 is 1.77. The second-order valence-corrected chi connectivity index (χ2v) is 5.65. The van der Waals surface area contributed by atoms with Gasteiger partial charge >= 0.3 is 0 Å². The molecule has 0 amide bonds. The van der Waals surface area contributed by atoms with Crippen LogP contribution in [-0.4, -0.2) is 18.1 Å². The second-order valence-electron chi connectivity index (χ2n) is 4.62. The van der Waals surface area contributed by atoms with Crippen LogP contribution in [0.3, 0.4) is 0 Å². The Labute approximate surface area is 125 Å². The lowest BCUT2D eigenvalue weighted by Crippen LogP contribution is -2.12. The van der Waals surface area contributed by atoms with Gasteiger partial charge in [-0.1, -0.05) is 19.9 Å². The topological polar surface area (TPSA) is 34.2 Å². The summed E-state index contributed by atoms with van der Waals surface area (Å²) in [5, 5.41) is 5.44. The molecule has 2 aromatic rings. The molecule has 2 heterocycles. The normalized spacial score (nSPS) is 10.7. The van der Waals surface area contributed by atoms with Crippen LogP contribution in [0.2, 0.25) is 0 Å². The summed E-state index contributed by atoms with van der Waals surface area (Å²) in [7, 11) is 0. The fraction of sp³-hybridized carbons (Fsp3) is 0.438. The van der Waals surface area contributed by atoms with Crippen molar-refractivity contribution in [2.45, 2.75) is 33.2 Å². The summed E-state index contributed by atoms with van der Waals surface area (Å²) in [6, 6.07) is 8.40. The molecule has 0 bridgehead atoms. The number of ether oxygens (including phenoxy) is 1. The van der Waals surface area contributed by atoms with Crippen molar-refractivity contribution in [3.8, 4) is 5.88 Å². The van der Waals surface area contributed by atoms with E-state index in [1.54, 1.807) is 11.3 Å². The Morgan fingerprint density at radius 3 is 2.90 bits per heavy atom. The zero-order valence-electron chi connectivity index (χ0n) is 12.2. The molecule has 0 unspecified atom stereocenters. The highest BCUT2D eigenvalue weighted by atomic mass is 32.1. The number of aryl methyl sites for hydroxylation is 1. The average Bonchev–Trinajstić information content (AvgIpc) is 2.98. The van der Waals surface area contributed by atoms with E-state index in [0.29, 0.717) is 6.61 Å². The van der Waals surface area contributed by atoms with Crippen LogP contribution in [0.5, 0.6) is 5.88 Å². The molecule has 0 aliphatic rings. The van der Waals surface area contributed by atoms with Gasteiger partial charge in [-0.05, 0) is 36.0 Å². The molecule has 0 atom stereocenters. The van der Waals surface area contributed by atoms with E-state index in [1.807, 2.05) is 6.07 Å². The Bertz CT molecular complexity index is 511. The van der Waals surface area contributed by atoms with E-state index in [4.69, 9.17) is 4.74 Å². The molecule has 0 fully saturated rings. The molecule has 0 aliphatic heterocycles. The van der Waals surface area contributed by atoms with Gasteiger partial charge in [0.05, 0.1) is 6.61 Å². The van der Waals surface area contributed by atoms with Gasteiger partial charge in [-0.15, -0.1) is 11.3 Å². The summed E-state index contributed by atoms with van der Waals surface area (Å²) < 4.78 is 5.81. The van der Waals surface area contributed by atoms with Gasteiger partial charge in [-0.25, -0.2) is 4.98 Å². The van der Waals surface area contributed by atoms with E-state index in [2.05, 4.69) is 47.7 Å². The molecule has 0 saturated carbocycles. The van der Waals surface area contributed by atoms with Crippen molar-refractivity contribution in [1.82, 2.24) is 10.3 Å². The molecule has 1 N–H and O–H groups in total. The lowest BCUT2D eigenvalue weighted by Gasteiger charge is -2.09. The van der Waals surface area contributed by atoms with E-state index < -0.39 is 0 Å². The van der Waals surface area contributed by atoms with Gasteiger partial charge in [0.2, 0.25) is 5.88 Å². The molecule has 0 aliphatic carbocycles. The number of pyridine rings is 1. The second kappa shape index (κ2) is 8.02. The third kappa shape index (κ3) is 4.62. The quantitative estimate of drug-likeness (QED) is 0.808. The van der Waals surface area contributed by atoms with Gasteiger partial charge in [0.25, 0.3) is 0 Å². The minimum atomic E-state index is 0.682. The van der Waals surface area contributed by atoms with Gasteiger partial charge < -0.3 is 10.1 Å². The number of rotatable bonds is 8. The molecule has 0 spiro atoms. The zero-order valence-corrected chi connectivity index (χ0v) is 13.0. The van der Waals surface area contributed by atoms with Crippen LogP contribution in [-0.2, 0) is 19.4 Å². The predicted octanol–water partition coefficient (Wildman–Crippen LogP) is 3.44. The van der Waals surface area contributed by atoms with Crippen molar-refractivity contribution < 1.29 is 4.74 Å². The number of nitrogens with one attached hydrogen (secondary N) is 1. The Morgan fingerprint density at radius 1 is 1.30 bits per heavy atom. The van der Waals surface area contributed by atoms with Crippen LogP contribution >= 0.6 is 11.3 Å². The summed E-state index contributed by atoms with van der Waals surface area (Å²) in [6.07, 6.45) is 1.87. The lowest BCUT2D eigenvalue weighted by molar-refractivity contribution is 0.309. The van der Waals surface area contributed by atoms with Crippen LogP contribution < -0.4 is 10.1 Å². The molecule has 0 radical (unpaired) electrons. The Hall–Kier alpha value is -1.39. The van der Waals surface area contributed by atoms with Crippen LogP contribution in [0.4, 0.5) is 0 Å². The van der Waals surface area contributed by atoms with Gasteiger partial charge in [-0.3, -0.25) is 0 Å². The van der Waals surface area contributed by atoms with Crippen molar-refractivity contribution in [1.29, 1.82) is 0 Å².